The van der Waals surface area contributed by atoms with Crippen molar-refractivity contribution >= 4 is 33.2 Å². The van der Waals surface area contributed by atoms with Gasteiger partial charge in [0.25, 0.3) is 5.91 Å². The maximum atomic E-state index is 13.1. The molecular weight excluding hydrogens is 430 g/mol. The third-order valence-electron chi connectivity index (χ3n) is 5.95. The predicted molar refractivity (Wildman–Crippen MR) is 121 cm³/mol. The molecule has 0 bridgehead atoms. The molecule has 4 rings (SSSR count). The number of hydrogen-bond donors (Lipinski definition) is 2. The van der Waals surface area contributed by atoms with Gasteiger partial charge in [0.2, 0.25) is 15.9 Å². The smallest absolute Gasteiger partial charge is 0.265 e. The van der Waals surface area contributed by atoms with E-state index >= 15 is 0 Å². The normalized spacial score (nSPS) is 19.6. The van der Waals surface area contributed by atoms with Gasteiger partial charge in [0.1, 0.15) is 5.75 Å². The number of anilines is 2. The maximum Gasteiger partial charge on any atom is 0.265 e. The van der Waals surface area contributed by atoms with Gasteiger partial charge >= 0.3 is 0 Å². The van der Waals surface area contributed by atoms with Crippen molar-refractivity contribution in [1.82, 2.24) is 4.31 Å². The number of benzene rings is 2. The van der Waals surface area contributed by atoms with Crippen LogP contribution in [0.15, 0.2) is 47.4 Å². The van der Waals surface area contributed by atoms with Gasteiger partial charge in [0, 0.05) is 24.7 Å². The molecule has 2 aliphatic heterocycles. The molecular formula is C23H27N3O5S. The van der Waals surface area contributed by atoms with E-state index in [1.54, 1.807) is 13.0 Å². The lowest BCUT2D eigenvalue weighted by Gasteiger charge is -2.31. The average molecular weight is 458 g/mol. The average Bonchev–Trinajstić information content (AvgIpc) is 2.79. The van der Waals surface area contributed by atoms with Crippen molar-refractivity contribution in [2.75, 3.05) is 23.7 Å². The molecule has 0 saturated carbocycles. The topological polar surface area (TPSA) is 105 Å². The summed E-state index contributed by atoms with van der Waals surface area (Å²) in [6.45, 7) is 4.20. The molecule has 2 amide bonds. The number of hydrogen-bond acceptors (Lipinski definition) is 5. The van der Waals surface area contributed by atoms with Crippen LogP contribution in [0.4, 0.5) is 11.4 Å². The molecule has 0 aliphatic carbocycles. The van der Waals surface area contributed by atoms with E-state index in [9.17, 15) is 18.0 Å². The molecule has 2 N–H and O–H groups in total. The highest BCUT2D eigenvalue weighted by Gasteiger charge is 2.33. The van der Waals surface area contributed by atoms with Crippen LogP contribution >= 0.6 is 0 Å². The molecule has 0 radical (unpaired) electrons. The van der Waals surface area contributed by atoms with Gasteiger partial charge in [-0.25, -0.2) is 8.42 Å². The first kappa shape index (κ1) is 22.3. The third-order valence-corrected chi connectivity index (χ3v) is 7.84. The second-order valence-electron chi connectivity index (χ2n) is 8.13. The molecule has 1 fully saturated rings. The number of aryl methyl sites for hydroxylation is 1. The fourth-order valence-electron chi connectivity index (χ4n) is 3.97. The zero-order chi connectivity index (χ0) is 22.9. The summed E-state index contributed by atoms with van der Waals surface area (Å²) in [5, 5.41) is 5.63. The van der Waals surface area contributed by atoms with Crippen LogP contribution in [0.1, 0.15) is 32.3 Å². The highest BCUT2D eigenvalue weighted by molar-refractivity contribution is 7.89. The van der Waals surface area contributed by atoms with E-state index < -0.39 is 16.1 Å². The Morgan fingerprint density at radius 3 is 2.66 bits per heavy atom. The summed E-state index contributed by atoms with van der Waals surface area (Å²) >= 11 is 0. The highest BCUT2D eigenvalue weighted by atomic mass is 32.2. The number of amides is 2. The lowest BCUT2D eigenvalue weighted by atomic mass is 9.97. The van der Waals surface area contributed by atoms with Crippen molar-refractivity contribution in [2.24, 2.45) is 5.92 Å². The Bertz CT molecular complexity index is 1140. The van der Waals surface area contributed by atoms with Crippen molar-refractivity contribution in [2.45, 2.75) is 44.1 Å². The SMILES string of the molecule is CCc1cccc(NC(=O)C2CCN(S(=O)(=O)c3ccc4c(c3)NC(=O)C(C)O4)CC2)c1. The fraction of sp³-hybridized carbons (Fsp3) is 0.391. The number of carbonyl (C=O) groups excluding carboxylic acids is 2. The molecule has 2 aliphatic rings. The van der Waals surface area contributed by atoms with E-state index in [1.165, 1.54) is 16.4 Å². The Morgan fingerprint density at radius 1 is 1.19 bits per heavy atom. The lowest BCUT2D eigenvalue weighted by molar-refractivity contribution is -0.123. The van der Waals surface area contributed by atoms with E-state index in [4.69, 9.17) is 4.74 Å². The first-order valence-electron chi connectivity index (χ1n) is 10.8. The van der Waals surface area contributed by atoms with Crippen molar-refractivity contribution < 1.29 is 22.7 Å². The van der Waals surface area contributed by atoms with E-state index in [0.717, 1.165) is 17.7 Å². The van der Waals surface area contributed by atoms with Gasteiger partial charge < -0.3 is 15.4 Å². The van der Waals surface area contributed by atoms with Gasteiger partial charge in [-0.3, -0.25) is 9.59 Å². The number of rotatable bonds is 5. The molecule has 32 heavy (non-hydrogen) atoms. The van der Waals surface area contributed by atoms with Gasteiger partial charge in [0.15, 0.2) is 6.10 Å². The summed E-state index contributed by atoms with van der Waals surface area (Å²) in [7, 11) is -3.75. The number of ether oxygens (including phenoxy) is 1. The highest BCUT2D eigenvalue weighted by Crippen LogP contribution is 2.33. The number of carbonyl (C=O) groups is 2. The number of fused-ring (bicyclic) bond motifs is 1. The molecule has 1 atom stereocenters. The quantitative estimate of drug-likeness (QED) is 0.718. The summed E-state index contributed by atoms with van der Waals surface area (Å²) in [5.74, 6) is -0.204. The van der Waals surface area contributed by atoms with Gasteiger partial charge in [-0.2, -0.15) is 4.31 Å². The van der Waals surface area contributed by atoms with Crippen LogP contribution in [0.3, 0.4) is 0 Å². The van der Waals surface area contributed by atoms with E-state index in [1.807, 2.05) is 24.3 Å². The summed E-state index contributed by atoms with van der Waals surface area (Å²) in [4.78, 5) is 24.6. The molecule has 2 aromatic carbocycles. The maximum absolute atomic E-state index is 13.1. The van der Waals surface area contributed by atoms with Crippen LogP contribution in [0.25, 0.3) is 0 Å². The minimum atomic E-state index is -3.75. The number of nitrogens with zero attached hydrogens (tertiary/aromatic N) is 1. The van der Waals surface area contributed by atoms with Crippen LogP contribution < -0.4 is 15.4 Å². The Hall–Kier alpha value is -2.91. The molecule has 8 nitrogen and oxygen atoms in total. The van der Waals surface area contributed by atoms with Crippen molar-refractivity contribution in [3.8, 4) is 5.75 Å². The fourth-order valence-corrected chi connectivity index (χ4v) is 5.47. The molecule has 1 saturated heterocycles. The standard InChI is InChI=1S/C23H27N3O5S/c1-3-16-5-4-6-18(13-16)24-23(28)17-9-11-26(12-10-17)32(29,30)19-7-8-21-20(14-19)25-22(27)15(2)31-21/h4-8,13-15,17H,3,9-12H2,1-2H3,(H,24,28)(H,25,27). The second-order valence-corrected chi connectivity index (χ2v) is 10.1. The lowest BCUT2D eigenvalue weighted by Crippen LogP contribution is -2.41. The minimum absolute atomic E-state index is 0.0851. The molecule has 0 aromatic heterocycles. The van der Waals surface area contributed by atoms with Crippen LogP contribution in [0.2, 0.25) is 0 Å². The summed E-state index contributed by atoms with van der Waals surface area (Å²) in [5.41, 5.74) is 2.25. The van der Waals surface area contributed by atoms with Crippen molar-refractivity contribution in [3.63, 3.8) is 0 Å². The minimum Gasteiger partial charge on any atom is -0.479 e. The first-order valence-corrected chi connectivity index (χ1v) is 12.2. The van der Waals surface area contributed by atoms with Gasteiger partial charge in [-0.15, -0.1) is 0 Å². The van der Waals surface area contributed by atoms with Crippen LogP contribution in [-0.4, -0.2) is 43.7 Å². The zero-order valence-corrected chi connectivity index (χ0v) is 18.9. The van der Waals surface area contributed by atoms with Crippen LogP contribution in [0, 0.1) is 5.92 Å². The summed E-state index contributed by atoms with van der Waals surface area (Å²) in [6, 6.07) is 12.2. The largest absolute Gasteiger partial charge is 0.479 e. The number of piperidine rings is 1. The molecule has 0 spiro atoms. The van der Waals surface area contributed by atoms with Crippen molar-refractivity contribution in [3.05, 3.63) is 48.0 Å². The molecule has 170 valence electrons. The van der Waals surface area contributed by atoms with E-state index in [-0.39, 0.29) is 35.7 Å². The van der Waals surface area contributed by atoms with Gasteiger partial charge in [0.05, 0.1) is 10.6 Å². The van der Waals surface area contributed by atoms with E-state index in [2.05, 4.69) is 17.6 Å². The Morgan fingerprint density at radius 2 is 1.94 bits per heavy atom. The monoisotopic (exact) mass is 457 g/mol. The number of sulfonamides is 1. The molecule has 1 unspecified atom stereocenters. The van der Waals surface area contributed by atoms with E-state index in [0.29, 0.717) is 24.3 Å². The van der Waals surface area contributed by atoms with Crippen molar-refractivity contribution in [1.29, 1.82) is 0 Å². The summed E-state index contributed by atoms with van der Waals surface area (Å²) < 4.78 is 33.1. The predicted octanol–water partition coefficient (Wildman–Crippen LogP) is 3.01. The molecule has 2 aromatic rings. The Labute approximate surface area is 188 Å². The van der Waals surface area contributed by atoms with Gasteiger partial charge in [-0.1, -0.05) is 19.1 Å². The Kier molecular flexibility index (Phi) is 6.21. The summed E-state index contributed by atoms with van der Waals surface area (Å²) in [6.07, 6.45) is 1.15. The number of nitrogens with one attached hydrogen (secondary N) is 2. The first-order chi connectivity index (χ1) is 15.3. The third kappa shape index (κ3) is 4.49. The second kappa shape index (κ2) is 8.91. The zero-order valence-electron chi connectivity index (χ0n) is 18.1. The van der Waals surface area contributed by atoms with Gasteiger partial charge in [-0.05, 0) is 62.1 Å². The molecule has 9 heteroatoms. The van der Waals surface area contributed by atoms with Crippen LogP contribution in [-0.2, 0) is 26.0 Å². The molecule has 2 heterocycles. The Balaban J connectivity index is 1.40. The van der Waals surface area contributed by atoms with Crippen LogP contribution in [0.5, 0.6) is 5.75 Å².